The van der Waals surface area contributed by atoms with E-state index < -0.39 is 0 Å². The minimum atomic E-state index is 0.115. The van der Waals surface area contributed by atoms with Crippen LogP contribution in [0.3, 0.4) is 0 Å². The third-order valence-corrected chi connectivity index (χ3v) is 5.01. The van der Waals surface area contributed by atoms with Crippen molar-refractivity contribution in [2.45, 2.75) is 26.4 Å². The van der Waals surface area contributed by atoms with Gasteiger partial charge in [0.25, 0.3) is 0 Å². The Balaban J connectivity index is 1.83. The van der Waals surface area contributed by atoms with Gasteiger partial charge in [-0.2, -0.15) is 0 Å². The molecule has 4 heteroatoms. The van der Waals surface area contributed by atoms with Crippen LogP contribution < -0.4 is 10.2 Å². The first-order valence-electron chi connectivity index (χ1n) is 7.88. The Bertz CT molecular complexity index is 527. The molecular weight excluding hydrogens is 262 g/mol. The third-order valence-electron chi connectivity index (χ3n) is 5.01. The highest BCUT2D eigenvalue weighted by Crippen LogP contribution is 2.28. The highest BCUT2D eigenvalue weighted by Gasteiger charge is 2.35. The van der Waals surface area contributed by atoms with Gasteiger partial charge < -0.3 is 15.1 Å². The van der Waals surface area contributed by atoms with Crippen molar-refractivity contribution in [3.63, 3.8) is 0 Å². The van der Waals surface area contributed by atoms with E-state index in [0.717, 1.165) is 26.2 Å². The van der Waals surface area contributed by atoms with Crippen LogP contribution in [0.1, 0.15) is 19.4 Å². The van der Waals surface area contributed by atoms with E-state index in [0.29, 0.717) is 11.8 Å². The van der Waals surface area contributed by atoms with Crippen molar-refractivity contribution >= 4 is 11.6 Å². The number of nitrogens with one attached hydrogen (secondary N) is 1. The number of hydrogen-bond donors (Lipinski definition) is 1. The Hall–Kier alpha value is -1.55. The summed E-state index contributed by atoms with van der Waals surface area (Å²) in [5.41, 5.74) is 2.49. The molecule has 2 heterocycles. The molecule has 1 aromatic carbocycles. The summed E-state index contributed by atoms with van der Waals surface area (Å²) in [6.07, 6.45) is 0. The maximum atomic E-state index is 12.9. The van der Waals surface area contributed by atoms with Gasteiger partial charge in [-0.25, -0.2) is 0 Å². The number of nitrogens with zero attached hydrogens (tertiary/aromatic N) is 2. The molecule has 3 rings (SSSR count). The van der Waals surface area contributed by atoms with Gasteiger partial charge in [0.1, 0.15) is 0 Å². The Morgan fingerprint density at radius 3 is 2.71 bits per heavy atom. The Kier molecular flexibility index (Phi) is 3.89. The lowest BCUT2D eigenvalue weighted by molar-refractivity contribution is -0.139. The summed E-state index contributed by atoms with van der Waals surface area (Å²) in [5, 5.41) is 3.27. The van der Waals surface area contributed by atoms with Gasteiger partial charge in [0.15, 0.2) is 0 Å². The van der Waals surface area contributed by atoms with Crippen LogP contribution >= 0.6 is 0 Å². The summed E-state index contributed by atoms with van der Waals surface area (Å²) in [6, 6.07) is 8.66. The van der Waals surface area contributed by atoms with E-state index in [2.05, 4.69) is 60.3 Å². The maximum absolute atomic E-state index is 12.9. The zero-order chi connectivity index (χ0) is 15.0. The van der Waals surface area contributed by atoms with Gasteiger partial charge in [-0.05, 0) is 37.6 Å². The van der Waals surface area contributed by atoms with Crippen molar-refractivity contribution < 1.29 is 4.79 Å². The SMILES string of the molecule is CC(C(=O)N1Cc2ccccc2N(C)CC1C)C1CNC1. The molecule has 114 valence electrons. The fourth-order valence-corrected chi connectivity index (χ4v) is 3.37. The highest BCUT2D eigenvalue weighted by molar-refractivity contribution is 5.80. The first kappa shape index (κ1) is 14.4. The molecule has 2 aliphatic heterocycles. The molecule has 0 radical (unpaired) electrons. The quantitative estimate of drug-likeness (QED) is 0.899. The molecule has 1 aromatic rings. The van der Waals surface area contributed by atoms with Crippen molar-refractivity contribution in [3.8, 4) is 0 Å². The van der Waals surface area contributed by atoms with Crippen molar-refractivity contribution in [1.29, 1.82) is 0 Å². The number of anilines is 1. The molecular formula is C17H25N3O. The van der Waals surface area contributed by atoms with Crippen molar-refractivity contribution in [1.82, 2.24) is 10.2 Å². The zero-order valence-electron chi connectivity index (χ0n) is 13.2. The lowest BCUT2D eigenvalue weighted by atomic mass is 9.87. The van der Waals surface area contributed by atoms with Crippen LogP contribution in [0.5, 0.6) is 0 Å². The van der Waals surface area contributed by atoms with E-state index in [1.807, 2.05) is 0 Å². The molecule has 0 aromatic heterocycles. The molecule has 2 aliphatic rings. The molecule has 0 aliphatic carbocycles. The van der Waals surface area contributed by atoms with Crippen LogP contribution in [-0.4, -0.2) is 43.5 Å². The highest BCUT2D eigenvalue weighted by atomic mass is 16.2. The number of carbonyl (C=O) groups is 1. The molecule has 0 saturated carbocycles. The predicted octanol–water partition coefficient (Wildman–Crippen LogP) is 1.71. The summed E-state index contributed by atoms with van der Waals surface area (Å²) in [5.74, 6) is 0.921. The molecule has 1 fully saturated rings. The molecule has 0 spiro atoms. The number of amides is 1. The monoisotopic (exact) mass is 287 g/mol. The summed E-state index contributed by atoms with van der Waals surface area (Å²) in [6.45, 7) is 7.81. The van der Waals surface area contributed by atoms with Crippen LogP contribution in [-0.2, 0) is 11.3 Å². The zero-order valence-corrected chi connectivity index (χ0v) is 13.2. The van der Waals surface area contributed by atoms with Gasteiger partial charge in [-0.1, -0.05) is 25.1 Å². The van der Waals surface area contributed by atoms with Gasteiger partial charge >= 0.3 is 0 Å². The lowest BCUT2D eigenvalue weighted by Gasteiger charge is -2.37. The Morgan fingerprint density at radius 2 is 2.05 bits per heavy atom. The fraction of sp³-hybridized carbons (Fsp3) is 0.588. The van der Waals surface area contributed by atoms with Gasteiger partial charge in [0.05, 0.1) is 0 Å². The van der Waals surface area contributed by atoms with Gasteiger partial charge in [-0.3, -0.25) is 4.79 Å². The number of likely N-dealkylation sites (N-methyl/N-ethyl adjacent to an activating group) is 1. The van der Waals surface area contributed by atoms with Crippen LogP contribution in [0, 0.1) is 11.8 Å². The predicted molar refractivity (Wildman–Crippen MR) is 85.2 cm³/mol. The normalized spacial score (nSPS) is 24.0. The molecule has 1 saturated heterocycles. The average molecular weight is 287 g/mol. The van der Waals surface area contributed by atoms with Gasteiger partial charge in [0.2, 0.25) is 5.91 Å². The fourth-order valence-electron chi connectivity index (χ4n) is 3.37. The van der Waals surface area contributed by atoms with Crippen LogP contribution in [0.2, 0.25) is 0 Å². The number of benzene rings is 1. The van der Waals surface area contributed by atoms with Gasteiger partial charge in [-0.15, -0.1) is 0 Å². The number of para-hydroxylation sites is 1. The number of fused-ring (bicyclic) bond motifs is 1. The first-order chi connectivity index (χ1) is 10.1. The molecule has 2 atom stereocenters. The Morgan fingerprint density at radius 1 is 1.33 bits per heavy atom. The summed E-state index contributed by atoms with van der Waals surface area (Å²) < 4.78 is 0. The molecule has 1 N–H and O–H groups in total. The average Bonchev–Trinajstić information content (AvgIpc) is 2.53. The minimum Gasteiger partial charge on any atom is -0.372 e. The Labute approximate surface area is 127 Å². The van der Waals surface area contributed by atoms with Crippen molar-refractivity contribution in [3.05, 3.63) is 29.8 Å². The standard InChI is InChI=1S/C17H25N3O/c1-12-10-19(3)16-7-5-4-6-14(16)11-20(12)17(21)13(2)15-8-18-9-15/h4-7,12-13,15,18H,8-11H2,1-3H3. The second kappa shape index (κ2) is 5.68. The first-order valence-corrected chi connectivity index (χ1v) is 7.88. The third kappa shape index (κ3) is 2.64. The number of carbonyl (C=O) groups excluding carboxylic acids is 1. The smallest absolute Gasteiger partial charge is 0.226 e. The minimum absolute atomic E-state index is 0.115. The van der Waals surface area contributed by atoms with E-state index in [9.17, 15) is 4.79 Å². The molecule has 0 bridgehead atoms. The number of rotatable bonds is 2. The van der Waals surface area contributed by atoms with E-state index in [-0.39, 0.29) is 12.0 Å². The van der Waals surface area contributed by atoms with Gasteiger partial charge in [0, 0.05) is 37.8 Å². The lowest BCUT2D eigenvalue weighted by Crippen LogP contribution is -2.52. The molecule has 21 heavy (non-hydrogen) atoms. The van der Waals surface area contributed by atoms with Crippen LogP contribution in [0.15, 0.2) is 24.3 Å². The second-order valence-electron chi connectivity index (χ2n) is 6.53. The van der Waals surface area contributed by atoms with E-state index in [4.69, 9.17) is 0 Å². The topological polar surface area (TPSA) is 35.6 Å². The molecule has 2 unspecified atom stereocenters. The summed E-state index contributed by atoms with van der Waals surface area (Å²) in [4.78, 5) is 17.2. The van der Waals surface area contributed by atoms with Crippen molar-refractivity contribution in [2.75, 3.05) is 31.6 Å². The largest absolute Gasteiger partial charge is 0.372 e. The second-order valence-corrected chi connectivity index (χ2v) is 6.53. The molecule has 1 amide bonds. The summed E-state index contributed by atoms with van der Waals surface area (Å²) >= 11 is 0. The van der Waals surface area contributed by atoms with Crippen LogP contribution in [0.4, 0.5) is 5.69 Å². The van der Waals surface area contributed by atoms with E-state index in [1.54, 1.807) is 0 Å². The van der Waals surface area contributed by atoms with E-state index in [1.165, 1.54) is 11.3 Å². The number of hydrogen-bond acceptors (Lipinski definition) is 3. The molecule has 4 nitrogen and oxygen atoms in total. The maximum Gasteiger partial charge on any atom is 0.226 e. The van der Waals surface area contributed by atoms with Crippen molar-refractivity contribution in [2.24, 2.45) is 11.8 Å². The van der Waals surface area contributed by atoms with E-state index >= 15 is 0 Å². The summed E-state index contributed by atoms with van der Waals surface area (Å²) in [7, 11) is 2.11. The van der Waals surface area contributed by atoms with Crippen LogP contribution in [0.25, 0.3) is 0 Å².